The van der Waals surface area contributed by atoms with Crippen molar-refractivity contribution in [2.45, 2.75) is 33.6 Å². The van der Waals surface area contributed by atoms with Crippen LogP contribution < -0.4 is 11.5 Å². The first kappa shape index (κ1) is 17.5. The number of carboxylic acid groups (broad SMARTS) is 1. The van der Waals surface area contributed by atoms with E-state index in [-0.39, 0.29) is 6.54 Å². The molecule has 4 heteroatoms. The van der Waals surface area contributed by atoms with Gasteiger partial charge in [0.2, 0.25) is 0 Å². The molecule has 4 nitrogen and oxygen atoms in total. The highest BCUT2D eigenvalue weighted by Gasteiger charge is 1.81. The van der Waals surface area contributed by atoms with Crippen molar-refractivity contribution in [3.63, 3.8) is 0 Å². The first-order valence-electron chi connectivity index (χ1n) is 4.30. The molecule has 0 unspecified atom stereocenters. The fourth-order valence-corrected chi connectivity index (χ4v) is 0.204. The molecule has 0 aromatic rings. The number of carboxylic acids is 1. The van der Waals surface area contributed by atoms with Crippen molar-refractivity contribution in [1.82, 2.24) is 0 Å². The summed E-state index contributed by atoms with van der Waals surface area (Å²) in [6, 6.07) is 0. The molecule has 5 N–H and O–H groups in total. The van der Waals surface area contributed by atoms with Gasteiger partial charge in [0.1, 0.15) is 0 Å². The van der Waals surface area contributed by atoms with Crippen molar-refractivity contribution in [2.24, 2.45) is 11.5 Å². The molecule has 0 aromatic carbocycles. The Balaban J connectivity index is -0.000000112. The minimum atomic E-state index is -0.968. The van der Waals surface area contributed by atoms with Gasteiger partial charge in [0, 0.05) is 0 Å². The van der Waals surface area contributed by atoms with Crippen LogP contribution in [0.15, 0.2) is 0 Å². The maximum atomic E-state index is 9.24. The Hall–Kier alpha value is -0.610. The minimum Gasteiger partial charge on any atom is -0.480 e. The van der Waals surface area contributed by atoms with Crippen molar-refractivity contribution in [3.8, 4) is 0 Å². The Kier molecular flexibility index (Phi) is 32.7. The largest absolute Gasteiger partial charge is 0.480 e. The zero-order chi connectivity index (χ0) is 10.4. The molecule has 0 aliphatic carbocycles. The molecule has 0 amide bonds. The van der Waals surface area contributed by atoms with Crippen LogP contribution in [0.5, 0.6) is 0 Å². The van der Waals surface area contributed by atoms with E-state index in [0.717, 1.165) is 6.54 Å². The van der Waals surface area contributed by atoms with Gasteiger partial charge in [0.15, 0.2) is 0 Å². The van der Waals surface area contributed by atoms with Crippen LogP contribution in [-0.2, 0) is 4.79 Å². The first-order valence-corrected chi connectivity index (χ1v) is 4.30. The molecule has 0 spiro atoms. The quantitative estimate of drug-likeness (QED) is 0.596. The van der Waals surface area contributed by atoms with Crippen molar-refractivity contribution in [2.75, 3.05) is 13.1 Å². The molecule has 0 bridgehead atoms. The van der Waals surface area contributed by atoms with E-state index in [1.165, 1.54) is 12.8 Å². The van der Waals surface area contributed by atoms with Crippen molar-refractivity contribution in [3.05, 3.63) is 0 Å². The van der Waals surface area contributed by atoms with Gasteiger partial charge < -0.3 is 16.6 Å². The highest BCUT2D eigenvalue weighted by Crippen LogP contribution is 1.77. The van der Waals surface area contributed by atoms with E-state index in [2.05, 4.69) is 12.7 Å². The maximum Gasteiger partial charge on any atom is 0.317 e. The monoisotopic (exact) mass is 178 g/mol. The average Bonchev–Trinajstić information content (AvgIpc) is 2.10. The van der Waals surface area contributed by atoms with E-state index in [1.54, 1.807) is 0 Å². The lowest BCUT2D eigenvalue weighted by molar-refractivity contribution is -0.135. The van der Waals surface area contributed by atoms with E-state index >= 15 is 0 Å². The van der Waals surface area contributed by atoms with Crippen molar-refractivity contribution < 1.29 is 9.90 Å². The van der Waals surface area contributed by atoms with Crippen LogP contribution >= 0.6 is 0 Å². The summed E-state index contributed by atoms with van der Waals surface area (Å²) in [5.41, 5.74) is 9.71. The zero-order valence-electron chi connectivity index (χ0n) is 8.34. The highest BCUT2D eigenvalue weighted by atomic mass is 16.4. The van der Waals surface area contributed by atoms with Crippen LogP contribution in [0.4, 0.5) is 0 Å². The topological polar surface area (TPSA) is 89.3 Å². The Morgan fingerprint density at radius 1 is 1.33 bits per heavy atom. The second-order valence-corrected chi connectivity index (χ2v) is 1.74. The zero-order valence-corrected chi connectivity index (χ0v) is 8.34. The predicted molar refractivity (Wildman–Crippen MR) is 52.0 cm³/mol. The third-order valence-corrected chi connectivity index (χ3v) is 0.732. The Morgan fingerprint density at radius 3 is 1.67 bits per heavy atom. The minimum absolute atomic E-state index is 0.278. The third-order valence-electron chi connectivity index (χ3n) is 0.732. The van der Waals surface area contributed by atoms with E-state index in [4.69, 9.17) is 10.8 Å². The van der Waals surface area contributed by atoms with Gasteiger partial charge in [0.05, 0.1) is 6.54 Å². The number of nitrogens with two attached hydrogens (primary N) is 2. The Bertz CT molecular complexity index is 75.5. The molecule has 0 aromatic heterocycles. The summed E-state index contributed by atoms with van der Waals surface area (Å²) >= 11 is 0. The van der Waals surface area contributed by atoms with Crippen LogP contribution in [0, 0.1) is 0 Å². The number of hydrogen-bond acceptors (Lipinski definition) is 3. The number of carbonyl (C=O) groups is 1. The molecule has 0 heterocycles. The van der Waals surface area contributed by atoms with Crippen molar-refractivity contribution in [1.29, 1.82) is 0 Å². The van der Waals surface area contributed by atoms with Crippen molar-refractivity contribution >= 4 is 5.97 Å². The summed E-state index contributed by atoms with van der Waals surface area (Å²) in [6.07, 6.45) is 2.39. The van der Waals surface area contributed by atoms with Crippen LogP contribution in [0.25, 0.3) is 0 Å². The van der Waals surface area contributed by atoms with E-state index in [9.17, 15) is 4.79 Å². The van der Waals surface area contributed by atoms with Gasteiger partial charge in [-0.05, 0) is 13.0 Å². The Morgan fingerprint density at radius 2 is 1.67 bits per heavy atom. The summed E-state index contributed by atoms with van der Waals surface area (Å²) < 4.78 is 0. The smallest absolute Gasteiger partial charge is 0.317 e. The molecule has 0 atom stereocenters. The Labute approximate surface area is 74.9 Å². The van der Waals surface area contributed by atoms with Crippen LogP contribution in [0.3, 0.4) is 0 Å². The van der Waals surface area contributed by atoms with Crippen LogP contribution in [0.1, 0.15) is 33.6 Å². The van der Waals surface area contributed by atoms with Gasteiger partial charge >= 0.3 is 5.97 Å². The van der Waals surface area contributed by atoms with E-state index in [1.807, 2.05) is 13.8 Å². The third kappa shape index (κ3) is 57.5. The molecule has 0 aliphatic rings. The molecule has 0 rings (SSSR count). The van der Waals surface area contributed by atoms with Gasteiger partial charge in [-0.1, -0.05) is 27.2 Å². The maximum absolute atomic E-state index is 9.24. The second kappa shape index (κ2) is 22.4. The lowest BCUT2D eigenvalue weighted by atomic mass is 10.3. The van der Waals surface area contributed by atoms with Gasteiger partial charge in [-0.2, -0.15) is 0 Å². The van der Waals surface area contributed by atoms with Crippen LogP contribution in [-0.4, -0.2) is 24.2 Å². The average molecular weight is 178 g/mol. The van der Waals surface area contributed by atoms with E-state index < -0.39 is 5.97 Å². The van der Waals surface area contributed by atoms with Crippen LogP contribution in [0.2, 0.25) is 0 Å². The van der Waals surface area contributed by atoms with Gasteiger partial charge in [-0.3, -0.25) is 4.79 Å². The molecule has 0 aliphatic heterocycles. The lowest BCUT2D eigenvalue weighted by Crippen LogP contribution is -2.10. The number of unbranched alkanes of at least 4 members (excludes halogenated alkanes) is 1. The molecule has 12 heavy (non-hydrogen) atoms. The summed E-state index contributed by atoms with van der Waals surface area (Å²) in [5, 5.41) is 7.60. The SMILES string of the molecule is CC.CCCCN.NCC(=O)O. The van der Waals surface area contributed by atoms with Gasteiger partial charge in [-0.15, -0.1) is 0 Å². The molecular weight excluding hydrogens is 156 g/mol. The number of rotatable bonds is 3. The summed E-state index contributed by atoms with van der Waals surface area (Å²) in [6.45, 7) is 6.70. The molecule has 0 saturated heterocycles. The summed E-state index contributed by atoms with van der Waals surface area (Å²) in [4.78, 5) is 9.24. The van der Waals surface area contributed by atoms with Gasteiger partial charge in [0.25, 0.3) is 0 Å². The standard InChI is InChI=1S/C4H11N.C2H5NO2.C2H6/c1-2-3-4-5;3-1-2(4)5;1-2/h2-5H2,1H3;1,3H2,(H,4,5);1-2H3. The normalized spacial score (nSPS) is 7.08. The van der Waals surface area contributed by atoms with E-state index in [0.29, 0.717) is 0 Å². The number of hydrogen-bond donors (Lipinski definition) is 3. The number of aliphatic carboxylic acids is 1. The molecule has 76 valence electrons. The fourth-order valence-electron chi connectivity index (χ4n) is 0.204. The summed E-state index contributed by atoms with van der Waals surface area (Å²) in [7, 11) is 0. The fraction of sp³-hybridized carbons (Fsp3) is 0.875. The molecule has 0 fully saturated rings. The van der Waals surface area contributed by atoms with Gasteiger partial charge in [-0.25, -0.2) is 0 Å². The molecular formula is C8H22N2O2. The highest BCUT2D eigenvalue weighted by molar-refractivity contribution is 5.68. The lowest BCUT2D eigenvalue weighted by Gasteiger charge is -1.80. The summed E-state index contributed by atoms with van der Waals surface area (Å²) in [5.74, 6) is -0.968. The second-order valence-electron chi connectivity index (χ2n) is 1.74. The molecule has 0 radical (unpaired) electrons. The molecule has 0 saturated carbocycles. The first-order chi connectivity index (χ1) is 5.68. The predicted octanol–water partition coefficient (Wildman–Crippen LogP) is 0.801.